The van der Waals surface area contributed by atoms with Gasteiger partial charge in [-0.25, -0.2) is 0 Å². The molecule has 0 bridgehead atoms. The largest absolute Gasteiger partial charge is 0.465 e. The number of para-hydroxylation sites is 2. The molecule has 3 N–H and O–H groups in total. The lowest BCUT2D eigenvalue weighted by atomic mass is 10.1. The van der Waals surface area contributed by atoms with Crippen LogP contribution >= 0.6 is 23.2 Å². The Morgan fingerprint density at radius 3 is 2.46 bits per heavy atom. The number of rotatable bonds is 10. The zero-order valence-electron chi connectivity index (χ0n) is 15.6. The van der Waals surface area contributed by atoms with E-state index < -0.39 is 0 Å². The Kier molecular flexibility index (Phi) is 9.62. The first-order valence-corrected chi connectivity index (χ1v) is 10.6. The van der Waals surface area contributed by atoms with E-state index in [9.17, 15) is 9.59 Å². The summed E-state index contributed by atoms with van der Waals surface area (Å²) in [6.45, 7) is 1.04. The Balaban J connectivity index is 1.87. The summed E-state index contributed by atoms with van der Waals surface area (Å²) in [5.74, 6) is -0.397. The minimum atomic E-state index is -0.341. The van der Waals surface area contributed by atoms with Crippen LogP contribution in [-0.4, -0.2) is 48.1 Å². The third kappa shape index (κ3) is 7.34. The molecular formula is C19H22AlCl2N3O3. The van der Waals surface area contributed by atoms with E-state index in [4.69, 9.17) is 27.9 Å². The highest BCUT2D eigenvalue weighted by molar-refractivity contribution is 6.39. The number of nitrogens with one attached hydrogen (secondary N) is 3. The van der Waals surface area contributed by atoms with Crippen molar-refractivity contribution in [2.45, 2.75) is 12.8 Å². The number of anilines is 2. The molecule has 0 heterocycles. The second-order valence-electron chi connectivity index (χ2n) is 6.01. The van der Waals surface area contributed by atoms with Crippen molar-refractivity contribution >= 4 is 63.0 Å². The maximum absolute atomic E-state index is 12.2. The van der Waals surface area contributed by atoms with Gasteiger partial charge in [-0.15, -0.1) is 0 Å². The lowest BCUT2D eigenvalue weighted by Gasteiger charge is -2.14. The van der Waals surface area contributed by atoms with Crippen LogP contribution < -0.4 is 14.9 Å². The van der Waals surface area contributed by atoms with Crippen molar-refractivity contribution in [3.63, 3.8) is 0 Å². The van der Waals surface area contributed by atoms with Gasteiger partial charge in [0.05, 0.1) is 35.3 Å². The van der Waals surface area contributed by atoms with E-state index in [0.29, 0.717) is 35.2 Å². The number of hydrogen-bond acceptors (Lipinski definition) is 5. The van der Waals surface area contributed by atoms with Crippen LogP contribution in [0.1, 0.15) is 12.0 Å². The first kappa shape index (κ1) is 22.5. The van der Waals surface area contributed by atoms with Crippen molar-refractivity contribution in [1.82, 2.24) is 9.62 Å². The number of benzene rings is 2. The Morgan fingerprint density at radius 1 is 1.04 bits per heavy atom. The molecule has 2 aromatic carbocycles. The van der Waals surface area contributed by atoms with Gasteiger partial charge in [0, 0.05) is 12.2 Å². The second kappa shape index (κ2) is 12.0. The number of amides is 1. The lowest BCUT2D eigenvalue weighted by molar-refractivity contribution is -0.142. The highest BCUT2D eigenvalue weighted by Gasteiger charge is 2.12. The van der Waals surface area contributed by atoms with Gasteiger partial charge in [0.2, 0.25) is 5.91 Å². The Morgan fingerprint density at radius 2 is 1.75 bits per heavy atom. The number of carbonyl (C=O) groups excluding carboxylic acids is 2. The van der Waals surface area contributed by atoms with Gasteiger partial charge in [-0.2, -0.15) is 0 Å². The monoisotopic (exact) mass is 437 g/mol. The standard InChI is InChI=1S/C19H20Cl2N3O3.Al.2H/c20-14-6-3-7-15(21)19(14)24-16-8-2-1-5-13(16)11-18(26)27-10-4-9-23-17(25)12-22;;;/h1-3,5-8,22,24H,4,9-12H2,(H,23,25);;;/q-1;+1;;. The Hall–Kier alpha value is -1.75. The number of ether oxygens (including phenoxy) is 1. The van der Waals surface area contributed by atoms with Gasteiger partial charge in [-0.3, -0.25) is 9.59 Å². The van der Waals surface area contributed by atoms with E-state index >= 15 is 0 Å². The van der Waals surface area contributed by atoms with Crippen molar-refractivity contribution in [2.75, 3.05) is 25.0 Å². The minimum Gasteiger partial charge on any atom is -0.465 e. The molecule has 0 aliphatic heterocycles. The number of halogens is 2. The topological polar surface area (TPSA) is 79.5 Å². The number of hydrogen-bond donors (Lipinski definition) is 3. The Bertz CT molecular complexity index is 801. The van der Waals surface area contributed by atoms with Gasteiger partial charge >= 0.3 is 22.5 Å². The van der Waals surface area contributed by atoms with Crippen LogP contribution in [0.2, 0.25) is 10.0 Å². The number of carbonyl (C=O) groups is 2. The van der Waals surface area contributed by atoms with Crippen LogP contribution in [0.15, 0.2) is 42.5 Å². The third-order valence-corrected chi connectivity index (χ3v) is 4.80. The predicted molar refractivity (Wildman–Crippen MR) is 115 cm³/mol. The van der Waals surface area contributed by atoms with Gasteiger partial charge in [0.25, 0.3) is 0 Å². The highest BCUT2D eigenvalue weighted by Crippen LogP contribution is 2.33. The van der Waals surface area contributed by atoms with Gasteiger partial charge in [0.1, 0.15) is 0 Å². The van der Waals surface area contributed by atoms with E-state index in [1.807, 2.05) is 24.3 Å². The van der Waals surface area contributed by atoms with Crippen LogP contribution in [0.4, 0.5) is 11.4 Å². The smallest absolute Gasteiger partial charge is 0.319 e. The molecule has 28 heavy (non-hydrogen) atoms. The molecule has 2 rings (SSSR count). The highest BCUT2D eigenvalue weighted by atomic mass is 35.5. The van der Waals surface area contributed by atoms with Crippen LogP contribution in [0, 0.1) is 0 Å². The Labute approximate surface area is 182 Å². The fourth-order valence-corrected chi connectivity index (χ4v) is 3.28. The molecule has 0 aliphatic rings. The maximum Gasteiger partial charge on any atom is 0.319 e. The van der Waals surface area contributed by atoms with Crippen molar-refractivity contribution in [3.8, 4) is 0 Å². The average Bonchev–Trinajstić information content (AvgIpc) is 2.66. The summed E-state index contributed by atoms with van der Waals surface area (Å²) >= 11 is 13.2. The molecule has 0 aliphatic carbocycles. The fourth-order valence-electron chi connectivity index (χ4n) is 2.46. The molecule has 0 spiro atoms. The summed E-state index contributed by atoms with van der Waals surface area (Å²) in [7, 11) is 0. The first-order chi connectivity index (χ1) is 13.5. The van der Waals surface area contributed by atoms with Crippen molar-refractivity contribution in [2.24, 2.45) is 0 Å². The van der Waals surface area contributed by atoms with Gasteiger partial charge in [0.15, 0.2) is 0 Å². The zero-order valence-corrected chi connectivity index (χ0v) is 19.1. The molecule has 0 saturated heterocycles. The summed E-state index contributed by atoms with van der Waals surface area (Å²) in [6, 6.07) is 12.6. The van der Waals surface area contributed by atoms with Crippen LogP contribution in [-0.2, 0) is 20.7 Å². The molecule has 2 aromatic rings. The first-order valence-electron chi connectivity index (χ1n) is 8.87. The zero-order chi connectivity index (χ0) is 20.4. The van der Waals surface area contributed by atoms with E-state index in [1.165, 1.54) is 0 Å². The van der Waals surface area contributed by atoms with Gasteiger partial charge in [-0.1, -0.05) is 47.5 Å². The van der Waals surface area contributed by atoms with Crippen molar-refractivity contribution in [3.05, 3.63) is 58.1 Å². The van der Waals surface area contributed by atoms with Gasteiger partial charge in [-0.05, 0) is 30.2 Å². The summed E-state index contributed by atoms with van der Waals surface area (Å²) in [5.41, 5.74) is 2.10. The molecule has 0 fully saturated rings. The summed E-state index contributed by atoms with van der Waals surface area (Å²) in [5, 5.41) is 6.93. The van der Waals surface area contributed by atoms with Crippen LogP contribution in [0.3, 0.4) is 0 Å². The predicted octanol–water partition coefficient (Wildman–Crippen LogP) is 2.47. The molecule has 0 unspecified atom stereocenters. The normalized spacial score (nSPS) is 10.4. The molecule has 9 heteroatoms. The minimum absolute atomic E-state index is 0.0560. The maximum atomic E-state index is 12.2. The molecule has 148 valence electrons. The molecular weight excluding hydrogens is 416 g/mol. The molecule has 0 radical (unpaired) electrons. The average molecular weight is 438 g/mol. The fraction of sp³-hybridized carbons (Fsp3) is 0.263. The summed E-state index contributed by atoms with van der Waals surface area (Å²) < 4.78 is 8.16. The molecule has 6 nitrogen and oxygen atoms in total. The molecule has 0 saturated carbocycles. The van der Waals surface area contributed by atoms with E-state index in [-0.39, 0.29) is 24.9 Å². The van der Waals surface area contributed by atoms with Gasteiger partial charge < -0.3 is 19.7 Å². The van der Waals surface area contributed by atoms with Crippen molar-refractivity contribution < 1.29 is 14.3 Å². The third-order valence-electron chi connectivity index (χ3n) is 3.82. The van der Waals surface area contributed by atoms with E-state index in [1.54, 1.807) is 18.2 Å². The number of esters is 1. The molecule has 1 amide bonds. The quantitative estimate of drug-likeness (QED) is 0.302. The summed E-state index contributed by atoms with van der Waals surface area (Å²) in [6.07, 6.45) is 0.676. The summed E-state index contributed by atoms with van der Waals surface area (Å²) in [4.78, 5) is 23.5. The SMILES string of the molecule is O=C(C[NH][AlH2])NCCCOC(=O)Cc1ccccc1Nc1c(Cl)cccc1Cl. The van der Waals surface area contributed by atoms with Crippen LogP contribution in [0.5, 0.6) is 0 Å². The lowest BCUT2D eigenvalue weighted by Crippen LogP contribution is -2.33. The second-order valence-corrected chi connectivity index (χ2v) is 7.53. The molecule has 0 atom stereocenters. The van der Waals surface area contributed by atoms with Crippen LogP contribution in [0.25, 0.3) is 0 Å². The van der Waals surface area contributed by atoms with E-state index in [2.05, 4.69) is 14.9 Å². The van der Waals surface area contributed by atoms with E-state index in [0.717, 1.165) is 27.8 Å². The molecule has 0 aromatic heterocycles. The van der Waals surface area contributed by atoms with Crippen molar-refractivity contribution in [1.29, 1.82) is 0 Å².